The molecule has 4 atom stereocenters. The number of nitrogens with zero attached hydrogens (tertiary/aromatic N) is 5. The van der Waals surface area contributed by atoms with Crippen LogP contribution >= 0.6 is 0 Å². The number of nitrogen functional groups attached to an aromatic ring is 1. The number of benzene rings is 1. The highest BCUT2D eigenvalue weighted by atomic mass is 28.3. The lowest BCUT2D eigenvalue weighted by molar-refractivity contribution is -0.160. The third-order valence-corrected chi connectivity index (χ3v) is 12.2. The third-order valence-electron chi connectivity index (χ3n) is 10.5. The van der Waals surface area contributed by atoms with Crippen molar-refractivity contribution < 1.29 is 27.4 Å². The molecule has 1 saturated heterocycles. The van der Waals surface area contributed by atoms with Gasteiger partial charge in [0.25, 0.3) is 0 Å². The number of ether oxygens (including phenoxy) is 3. The van der Waals surface area contributed by atoms with E-state index in [1.807, 2.05) is 30.7 Å². The van der Waals surface area contributed by atoms with E-state index in [1.165, 1.54) is 12.4 Å². The molecule has 14 heteroatoms. The summed E-state index contributed by atoms with van der Waals surface area (Å²) in [5, 5.41) is 4.57. The van der Waals surface area contributed by atoms with Gasteiger partial charge in [-0.3, -0.25) is 0 Å². The molecule has 1 aromatic carbocycles. The van der Waals surface area contributed by atoms with Crippen molar-refractivity contribution >= 4 is 36.0 Å². The molecule has 3 aromatic heterocycles. The van der Waals surface area contributed by atoms with Gasteiger partial charge in [0.2, 0.25) is 0 Å². The maximum absolute atomic E-state index is 13.5. The molecule has 7 rings (SSSR count). The van der Waals surface area contributed by atoms with Crippen LogP contribution in [0.15, 0.2) is 36.8 Å². The van der Waals surface area contributed by atoms with E-state index in [0.29, 0.717) is 42.0 Å². The van der Waals surface area contributed by atoms with Crippen LogP contribution in [-0.2, 0) is 33.5 Å². The van der Waals surface area contributed by atoms with Crippen molar-refractivity contribution in [2.75, 3.05) is 25.4 Å². The topological polar surface area (TPSA) is 114 Å². The van der Waals surface area contributed by atoms with Crippen LogP contribution in [-0.4, -0.2) is 69.9 Å². The van der Waals surface area contributed by atoms with Crippen LogP contribution in [0.3, 0.4) is 0 Å². The van der Waals surface area contributed by atoms with Crippen LogP contribution in [0.1, 0.15) is 50.5 Å². The number of halogens is 3. The van der Waals surface area contributed by atoms with Crippen molar-refractivity contribution in [1.29, 1.82) is 0 Å². The second-order valence-corrected chi connectivity index (χ2v) is 21.5. The molecule has 3 aliphatic rings. The molecule has 1 unspecified atom stereocenters. The molecule has 1 aliphatic heterocycles. The second kappa shape index (κ2) is 12.9. The average molecular weight is 700 g/mol. The Balaban J connectivity index is 0.960. The maximum atomic E-state index is 13.5. The quantitative estimate of drug-likeness (QED) is 0.125. The van der Waals surface area contributed by atoms with E-state index in [4.69, 9.17) is 24.9 Å². The van der Waals surface area contributed by atoms with E-state index in [2.05, 4.69) is 39.5 Å². The molecule has 3 N–H and O–H groups in total. The molecule has 0 bridgehead atoms. The lowest BCUT2D eigenvalue weighted by Gasteiger charge is -2.36. The fourth-order valence-electron chi connectivity index (χ4n) is 7.92. The molecule has 0 radical (unpaired) electrons. The van der Waals surface area contributed by atoms with Crippen molar-refractivity contribution in [3.05, 3.63) is 48.2 Å². The zero-order chi connectivity index (χ0) is 34.7. The molecule has 3 fully saturated rings. The summed E-state index contributed by atoms with van der Waals surface area (Å²) in [5.41, 5.74) is 7.31. The highest BCUT2D eigenvalue weighted by Crippen LogP contribution is 2.48. The van der Waals surface area contributed by atoms with Crippen LogP contribution in [0.25, 0.3) is 22.1 Å². The van der Waals surface area contributed by atoms with Gasteiger partial charge in [-0.1, -0.05) is 19.6 Å². The SMILES string of the molecule is CC1(C)OC2[C@H](n3ccc4c(N)ncnc43)C[C@H](CNCC3CC(Cc4nc5cc(C(F)(F)F)ccc5n4COCC[Si](C)(C)C)C3)[C@H]2O1. The summed E-state index contributed by atoms with van der Waals surface area (Å²) in [6.45, 7) is 13.5. The van der Waals surface area contributed by atoms with E-state index in [0.717, 1.165) is 73.8 Å². The minimum Gasteiger partial charge on any atom is -0.383 e. The normalized spacial score (nSPS) is 26.9. The van der Waals surface area contributed by atoms with Crippen LogP contribution in [0.5, 0.6) is 0 Å². The molecule has 2 aliphatic carbocycles. The zero-order valence-corrected chi connectivity index (χ0v) is 30.0. The summed E-state index contributed by atoms with van der Waals surface area (Å²) in [4.78, 5) is 13.4. The van der Waals surface area contributed by atoms with Gasteiger partial charge in [-0.05, 0) is 81.8 Å². The second-order valence-electron chi connectivity index (χ2n) is 15.9. The van der Waals surface area contributed by atoms with Crippen molar-refractivity contribution in [2.24, 2.45) is 17.8 Å². The Hall–Kier alpha value is -3.04. The predicted octanol–water partition coefficient (Wildman–Crippen LogP) is 6.63. The average Bonchev–Trinajstić information content (AvgIpc) is 3.73. The fraction of sp³-hybridized carbons (Fsp3) is 0.629. The first-order valence-electron chi connectivity index (χ1n) is 17.4. The third kappa shape index (κ3) is 7.25. The summed E-state index contributed by atoms with van der Waals surface area (Å²) in [5.74, 6) is 1.84. The Kier molecular flexibility index (Phi) is 9.08. The molecular weight excluding hydrogens is 652 g/mol. The minimum absolute atomic E-state index is 0.0305. The molecule has 49 heavy (non-hydrogen) atoms. The number of hydrogen-bond acceptors (Lipinski definition) is 8. The lowest BCUT2D eigenvalue weighted by atomic mass is 9.73. The van der Waals surface area contributed by atoms with Gasteiger partial charge >= 0.3 is 6.18 Å². The molecule has 0 spiro atoms. The van der Waals surface area contributed by atoms with Gasteiger partial charge in [-0.25, -0.2) is 15.0 Å². The van der Waals surface area contributed by atoms with Gasteiger partial charge in [0.1, 0.15) is 36.5 Å². The lowest BCUT2D eigenvalue weighted by Crippen LogP contribution is -2.38. The first kappa shape index (κ1) is 34.4. The first-order valence-corrected chi connectivity index (χ1v) is 21.1. The summed E-state index contributed by atoms with van der Waals surface area (Å²) >= 11 is 0. The van der Waals surface area contributed by atoms with E-state index < -0.39 is 25.6 Å². The van der Waals surface area contributed by atoms with E-state index in [-0.39, 0.29) is 24.2 Å². The Morgan fingerprint density at radius 2 is 1.82 bits per heavy atom. The number of hydrogen-bond donors (Lipinski definition) is 2. The smallest absolute Gasteiger partial charge is 0.383 e. The summed E-state index contributed by atoms with van der Waals surface area (Å²) in [6, 6.07) is 6.90. The van der Waals surface area contributed by atoms with Crippen molar-refractivity contribution in [3.8, 4) is 0 Å². The Bertz CT molecular complexity index is 1800. The van der Waals surface area contributed by atoms with Gasteiger partial charge in [-0.15, -0.1) is 0 Å². The van der Waals surface area contributed by atoms with Gasteiger partial charge in [0, 0.05) is 39.8 Å². The highest BCUT2D eigenvalue weighted by Gasteiger charge is 2.54. The summed E-state index contributed by atoms with van der Waals surface area (Å²) < 4.78 is 63.5. The summed E-state index contributed by atoms with van der Waals surface area (Å²) in [6.07, 6.45) is 2.70. The van der Waals surface area contributed by atoms with E-state index in [1.54, 1.807) is 0 Å². The standard InChI is InChI=1S/C35H48F3N7O3Si/c1-34(2)47-30-23(15-28(31(30)48-34)44-9-8-25-32(39)41-19-42-33(25)44)18-40-17-22-12-21(13-22)14-29-43-26-16-24(35(36,37)38)6-7-27(26)45(29)20-46-10-11-49(3,4)5/h6-9,16,19,21-23,28,30-31,40H,10-15,17-18,20H2,1-5H3,(H2,39,41,42)/t21?,22?,23-,28-,30-,31?/m1/s1. The van der Waals surface area contributed by atoms with E-state index in [9.17, 15) is 13.2 Å². The molecule has 0 amide bonds. The van der Waals surface area contributed by atoms with Crippen molar-refractivity contribution in [2.45, 2.75) is 102 Å². The maximum Gasteiger partial charge on any atom is 0.416 e. The molecule has 10 nitrogen and oxygen atoms in total. The Labute approximate surface area is 285 Å². The molecule has 4 heterocycles. The van der Waals surface area contributed by atoms with Gasteiger partial charge in [0.05, 0.1) is 34.1 Å². The van der Waals surface area contributed by atoms with Gasteiger partial charge in [-0.2, -0.15) is 13.2 Å². The van der Waals surface area contributed by atoms with Crippen LogP contribution in [0, 0.1) is 17.8 Å². The van der Waals surface area contributed by atoms with Crippen LogP contribution in [0.4, 0.5) is 19.0 Å². The van der Waals surface area contributed by atoms with Crippen LogP contribution < -0.4 is 11.1 Å². The van der Waals surface area contributed by atoms with Gasteiger partial charge < -0.3 is 34.4 Å². The number of alkyl halides is 3. The Morgan fingerprint density at radius 1 is 1.04 bits per heavy atom. The fourth-order valence-corrected chi connectivity index (χ4v) is 8.67. The van der Waals surface area contributed by atoms with E-state index >= 15 is 0 Å². The predicted molar refractivity (Wildman–Crippen MR) is 185 cm³/mol. The van der Waals surface area contributed by atoms with Crippen LogP contribution in [0.2, 0.25) is 25.7 Å². The molecule has 266 valence electrons. The van der Waals surface area contributed by atoms with Crippen molar-refractivity contribution in [3.63, 3.8) is 0 Å². The number of nitrogens with two attached hydrogens (primary N) is 1. The number of fused-ring (bicyclic) bond motifs is 3. The number of rotatable bonds is 12. The Morgan fingerprint density at radius 3 is 2.57 bits per heavy atom. The summed E-state index contributed by atoms with van der Waals surface area (Å²) in [7, 11) is -1.27. The van der Waals surface area contributed by atoms with Crippen molar-refractivity contribution in [1.82, 2.24) is 29.4 Å². The molecular formula is C35H48F3N7O3Si. The zero-order valence-electron chi connectivity index (χ0n) is 29.0. The number of aromatic nitrogens is 5. The molecule has 4 aromatic rings. The first-order chi connectivity index (χ1) is 23.1. The number of anilines is 1. The monoisotopic (exact) mass is 699 g/mol. The number of imidazole rings is 1. The minimum atomic E-state index is -4.41. The number of nitrogens with one attached hydrogen (secondary N) is 1. The molecule has 2 saturated carbocycles. The van der Waals surface area contributed by atoms with Gasteiger partial charge in [0.15, 0.2) is 5.79 Å². The largest absolute Gasteiger partial charge is 0.416 e. The highest BCUT2D eigenvalue weighted by molar-refractivity contribution is 6.76.